The molecule has 4 nitrogen and oxygen atoms in total. The Hall–Kier alpha value is -2.88. The fraction of sp³-hybridized carbons (Fsp3) is 0.200. The minimum atomic E-state index is -0.414. The summed E-state index contributed by atoms with van der Waals surface area (Å²) >= 11 is 0. The molecule has 0 saturated carbocycles. The number of rotatable bonds is 1. The van der Waals surface area contributed by atoms with Crippen molar-refractivity contribution in [2.75, 3.05) is 0 Å². The van der Waals surface area contributed by atoms with E-state index in [1.54, 1.807) is 11.0 Å². The van der Waals surface area contributed by atoms with E-state index in [0.717, 1.165) is 22.3 Å². The maximum Gasteiger partial charge on any atom is 0.271 e. The van der Waals surface area contributed by atoms with Crippen LogP contribution in [0.2, 0.25) is 0 Å². The summed E-state index contributed by atoms with van der Waals surface area (Å²) in [5.41, 5.74) is 4.67. The molecule has 0 radical (unpaired) electrons. The number of amides is 2. The van der Waals surface area contributed by atoms with E-state index in [1.807, 2.05) is 55.5 Å². The van der Waals surface area contributed by atoms with Crippen LogP contribution >= 0.6 is 0 Å². The molecule has 1 saturated heterocycles. The molecule has 2 aromatic carbocycles. The fourth-order valence-corrected chi connectivity index (χ4v) is 3.32. The second kappa shape index (κ2) is 5.64. The predicted molar refractivity (Wildman–Crippen MR) is 91.8 cm³/mol. The maximum atomic E-state index is 12.8. The molecule has 1 atom stereocenters. The number of carbonyl (C=O) groups is 2. The lowest BCUT2D eigenvalue weighted by molar-refractivity contribution is -0.143. The molecule has 2 aliphatic rings. The van der Waals surface area contributed by atoms with Gasteiger partial charge in [-0.15, -0.1) is 0 Å². The van der Waals surface area contributed by atoms with Gasteiger partial charge in [0.05, 0.1) is 0 Å². The number of benzene rings is 2. The van der Waals surface area contributed by atoms with E-state index in [2.05, 4.69) is 5.32 Å². The molecule has 2 amide bonds. The van der Waals surface area contributed by atoms with Gasteiger partial charge in [0, 0.05) is 13.0 Å². The van der Waals surface area contributed by atoms with Crippen LogP contribution in [0.15, 0.2) is 54.2 Å². The number of aryl methyl sites for hydroxylation is 1. The van der Waals surface area contributed by atoms with Crippen molar-refractivity contribution in [3.63, 3.8) is 0 Å². The lowest BCUT2D eigenvalue weighted by Gasteiger charge is -2.39. The number of piperazine rings is 1. The van der Waals surface area contributed by atoms with E-state index in [-0.39, 0.29) is 11.8 Å². The molecule has 120 valence electrons. The Balaban J connectivity index is 1.67. The Bertz CT molecular complexity index is 852. The van der Waals surface area contributed by atoms with Gasteiger partial charge in [-0.1, -0.05) is 54.1 Å². The monoisotopic (exact) mass is 318 g/mol. The topological polar surface area (TPSA) is 49.4 Å². The number of hydrogen-bond donors (Lipinski definition) is 1. The number of nitrogens with one attached hydrogen (secondary N) is 1. The summed E-state index contributed by atoms with van der Waals surface area (Å²) < 4.78 is 0. The van der Waals surface area contributed by atoms with Crippen LogP contribution < -0.4 is 5.32 Å². The highest BCUT2D eigenvalue weighted by Gasteiger charge is 2.40. The summed E-state index contributed by atoms with van der Waals surface area (Å²) in [6.45, 7) is 2.50. The minimum Gasteiger partial charge on any atom is -0.321 e. The smallest absolute Gasteiger partial charge is 0.271 e. The second-order valence-electron chi connectivity index (χ2n) is 6.38. The van der Waals surface area contributed by atoms with Crippen molar-refractivity contribution in [1.29, 1.82) is 0 Å². The molecule has 24 heavy (non-hydrogen) atoms. The van der Waals surface area contributed by atoms with Crippen LogP contribution in [0, 0.1) is 6.92 Å². The van der Waals surface area contributed by atoms with Gasteiger partial charge in [0.25, 0.3) is 5.91 Å². The number of nitrogens with zero attached hydrogens (tertiary/aromatic N) is 1. The summed E-state index contributed by atoms with van der Waals surface area (Å²) in [5, 5.41) is 2.79. The standard InChI is InChI=1S/C20H18N2O2/c1-13-6-8-14(9-7-13)10-17-20(24)22-12-16-5-3-2-4-15(16)11-18(22)19(23)21-17/h2-10,18H,11-12H2,1H3,(H,21,23)/b17-10+/t18-/m0/s1. The van der Waals surface area contributed by atoms with Gasteiger partial charge in [-0.25, -0.2) is 0 Å². The number of carbonyl (C=O) groups excluding carboxylic acids is 2. The van der Waals surface area contributed by atoms with Gasteiger partial charge in [-0.05, 0) is 29.7 Å². The van der Waals surface area contributed by atoms with Gasteiger partial charge in [0.15, 0.2) is 0 Å². The van der Waals surface area contributed by atoms with E-state index in [4.69, 9.17) is 0 Å². The van der Waals surface area contributed by atoms with E-state index >= 15 is 0 Å². The summed E-state index contributed by atoms with van der Waals surface area (Å²) in [6, 6.07) is 15.4. The Labute approximate surface area is 140 Å². The Morgan fingerprint density at radius 1 is 1.04 bits per heavy atom. The third-order valence-corrected chi connectivity index (χ3v) is 4.69. The van der Waals surface area contributed by atoms with Gasteiger partial charge in [-0.3, -0.25) is 9.59 Å². The first-order valence-corrected chi connectivity index (χ1v) is 8.09. The normalized spacial score (nSPS) is 21.3. The molecule has 0 unspecified atom stereocenters. The minimum absolute atomic E-state index is 0.109. The second-order valence-corrected chi connectivity index (χ2v) is 6.38. The summed E-state index contributed by atoms with van der Waals surface area (Å²) in [4.78, 5) is 27.0. The van der Waals surface area contributed by atoms with Crippen LogP contribution in [-0.4, -0.2) is 22.8 Å². The predicted octanol–water partition coefficient (Wildman–Crippen LogP) is 2.42. The largest absolute Gasteiger partial charge is 0.321 e. The van der Waals surface area contributed by atoms with Crippen LogP contribution in [0.3, 0.4) is 0 Å². The highest BCUT2D eigenvalue weighted by atomic mass is 16.2. The first kappa shape index (κ1) is 14.7. The Morgan fingerprint density at radius 2 is 1.75 bits per heavy atom. The average Bonchev–Trinajstić information content (AvgIpc) is 2.60. The van der Waals surface area contributed by atoms with E-state index in [9.17, 15) is 9.59 Å². The number of hydrogen-bond acceptors (Lipinski definition) is 2. The molecular formula is C20H18N2O2. The summed E-state index contributed by atoms with van der Waals surface area (Å²) in [7, 11) is 0. The van der Waals surface area contributed by atoms with Crippen molar-refractivity contribution in [3.8, 4) is 0 Å². The lowest BCUT2D eigenvalue weighted by atomic mass is 9.91. The Morgan fingerprint density at radius 3 is 2.50 bits per heavy atom. The van der Waals surface area contributed by atoms with E-state index < -0.39 is 6.04 Å². The van der Waals surface area contributed by atoms with Gasteiger partial charge in [-0.2, -0.15) is 0 Å². The molecule has 1 N–H and O–H groups in total. The van der Waals surface area contributed by atoms with E-state index in [0.29, 0.717) is 18.7 Å². The van der Waals surface area contributed by atoms with Crippen molar-refractivity contribution >= 4 is 17.9 Å². The SMILES string of the molecule is Cc1ccc(/C=C2/NC(=O)[C@@H]3Cc4ccccc4CN3C2=O)cc1. The highest BCUT2D eigenvalue weighted by Crippen LogP contribution is 2.27. The molecular weight excluding hydrogens is 300 g/mol. The third kappa shape index (κ3) is 2.50. The molecule has 0 spiro atoms. The molecule has 0 aromatic heterocycles. The molecule has 4 rings (SSSR count). The van der Waals surface area contributed by atoms with Gasteiger partial charge < -0.3 is 10.2 Å². The van der Waals surface area contributed by atoms with Crippen LogP contribution in [0.25, 0.3) is 6.08 Å². The molecule has 0 aliphatic carbocycles. The quantitative estimate of drug-likeness (QED) is 0.821. The average molecular weight is 318 g/mol. The zero-order valence-corrected chi connectivity index (χ0v) is 13.5. The Kier molecular flexibility index (Phi) is 3.45. The lowest BCUT2D eigenvalue weighted by Crippen LogP contribution is -2.58. The zero-order valence-electron chi connectivity index (χ0n) is 13.5. The third-order valence-electron chi connectivity index (χ3n) is 4.69. The van der Waals surface area contributed by atoms with Crippen molar-refractivity contribution < 1.29 is 9.59 Å². The maximum absolute atomic E-state index is 12.8. The molecule has 2 heterocycles. The molecule has 0 bridgehead atoms. The van der Waals surface area contributed by atoms with Crippen molar-refractivity contribution in [2.45, 2.75) is 25.9 Å². The molecule has 4 heteroatoms. The van der Waals surface area contributed by atoms with Crippen LogP contribution in [-0.2, 0) is 22.6 Å². The van der Waals surface area contributed by atoms with Gasteiger partial charge in [0.1, 0.15) is 11.7 Å². The van der Waals surface area contributed by atoms with Gasteiger partial charge >= 0.3 is 0 Å². The molecule has 1 fully saturated rings. The van der Waals surface area contributed by atoms with Crippen molar-refractivity contribution in [3.05, 3.63) is 76.5 Å². The summed E-state index contributed by atoms with van der Waals surface area (Å²) in [6.07, 6.45) is 2.32. The van der Waals surface area contributed by atoms with Gasteiger partial charge in [0.2, 0.25) is 5.91 Å². The van der Waals surface area contributed by atoms with Crippen molar-refractivity contribution in [1.82, 2.24) is 10.2 Å². The van der Waals surface area contributed by atoms with Crippen LogP contribution in [0.5, 0.6) is 0 Å². The highest BCUT2D eigenvalue weighted by molar-refractivity contribution is 6.07. The molecule has 2 aliphatic heterocycles. The van der Waals surface area contributed by atoms with Crippen molar-refractivity contribution in [2.24, 2.45) is 0 Å². The first-order valence-electron chi connectivity index (χ1n) is 8.09. The summed E-state index contributed by atoms with van der Waals surface area (Å²) in [5.74, 6) is -0.225. The first-order chi connectivity index (χ1) is 11.6. The zero-order chi connectivity index (χ0) is 16.7. The molecule has 2 aromatic rings. The number of fused-ring (bicyclic) bond motifs is 2. The van der Waals surface area contributed by atoms with E-state index in [1.165, 1.54) is 0 Å². The fourth-order valence-electron chi connectivity index (χ4n) is 3.32. The van der Waals surface area contributed by atoms with Crippen LogP contribution in [0.1, 0.15) is 22.3 Å². The van der Waals surface area contributed by atoms with Crippen LogP contribution in [0.4, 0.5) is 0 Å².